The van der Waals surface area contributed by atoms with E-state index in [0.29, 0.717) is 55.6 Å². The molecule has 1 saturated heterocycles. The average Bonchev–Trinajstić information content (AvgIpc) is 2.59. The molecule has 0 radical (unpaired) electrons. The van der Waals surface area contributed by atoms with Crippen LogP contribution in [0.3, 0.4) is 0 Å². The molecule has 0 aromatic heterocycles. The molecule has 7 nitrogen and oxygen atoms in total. The van der Waals surface area contributed by atoms with Crippen molar-refractivity contribution in [1.29, 1.82) is 0 Å². The number of amides is 1. The lowest BCUT2D eigenvalue weighted by atomic mass is 9.86. The summed E-state index contributed by atoms with van der Waals surface area (Å²) in [5.41, 5.74) is -0.392. The standard InChI is InChI=1S/C19H27NO6/c1-13(2)12-26-15-5-4-14(10-16(15)24-3)18(23)20-19(11-17(21)22)6-8-25-9-7-19/h4-5,10,13H,6-9,11-12H2,1-3H3,(H,20,23)(H,21,22). The van der Waals surface area contributed by atoms with Crippen LogP contribution in [0.15, 0.2) is 18.2 Å². The molecule has 0 saturated carbocycles. The minimum absolute atomic E-state index is 0.130. The number of carboxylic acids is 1. The van der Waals surface area contributed by atoms with E-state index in [0.717, 1.165) is 0 Å². The number of carbonyl (C=O) groups is 2. The molecule has 1 aromatic rings. The van der Waals surface area contributed by atoms with Gasteiger partial charge in [-0.2, -0.15) is 0 Å². The fourth-order valence-electron chi connectivity index (χ4n) is 2.90. The summed E-state index contributed by atoms with van der Waals surface area (Å²) < 4.78 is 16.3. The molecule has 0 spiro atoms. The quantitative estimate of drug-likeness (QED) is 0.735. The molecule has 0 atom stereocenters. The average molecular weight is 365 g/mol. The Kier molecular flexibility index (Phi) is 6.85. The van der Waals surface area contributed by atoms with Crippen LogP contribution >= 0.6 is 0 Å². The molecule has 0 aliphatic carbocycles. The first kappa shape index (κ1) is 20.0. The molecule has 144 valence electrons. The zero-order valence-corrected chi connectivity index (χ0v) is 15.5. The van der Waals surface area contributed by atoms with E-state index in [4.69, 9.17) is 14.2 Å². The summed E-state index contributed by atoms with van der Waals surface area (Å²) in [4.78, 5) is 23.9. The van der Waals surface area contributed by atoms with E-state index in [1.807, 2.05) is 13.8 Å². The summed E-state index contributed by atoms with van der Waals surface area (Å²) in [6, 6.07) is 4.96. The van der Waals surface area contributed by atoms with Crippen molar-refractivity contribution in [2.75, 3.05) is 26.9 Å². The second-order valence-electron chi connectivity index (χ2n) is 6.99. The number of ether oxygens (including phenoxy) is 3. The van der Waals surface area contributed by atoms with Crippen molar-refractivity contribution in [2.24, 2.45) is 5.92 Å². The van der Waals surface area contributed by atoms with Crippen molar-refractivity contribution in [3.63, 3.8) is 0 Å². The molecule has 1 fully saturated rings. The molecule has 1 aliphatic heterocycles. The summed E-state index contributed by atoms with van der Waals surface area (Å²) in [6.07, 6.45) is 0.810. The van der Waals surface area contributed by atoms with Crippen LogP contribution in [0.2, 0.25) is 0 Å². The number of aliphatic carboxylic acids is 1. The Labute approximate surface area is 153 Å². The summed E-state index contributed by atoms with van der Waals surface area (Å²) in [7, 11) is 1.52. The van der Waals surface area contributed by atoms with E-state index in [1.54, 1.807) is 18.2 Å². The molecule has 7 heteroatoms. The minimum atomic E-state index is -0.942. The Balaban J connectivity index is 2.15. The molecule has 1 aromatic carbocycles. The van der Waals surface area contributed by atoms with Crippen LogP contribution in [0.4, 0.5) is 0 Å². The largest absolute Gasteiger partial charge is 0.493 e. The van der Waals surface area contributed by atoms with Gasteiger partial charge in [-0.1, -0.05) is 13.8 Å². The van der Waals surface area contributed by atoms with Crippen molar-refractivity contribution in [3.8, 4) is 11.5 Å². The van der Waals surface area contributed by atoms with Gasteiger partial charge in [0.1, 0.15) is 0 Å². The first-order valence-corrected chi connectivity index (χ1v) is 8.78. The highest BCUT2D eigenvalue weighted by Gasteiger charge is 2.36. The van der Waals surface area contributed by atoms with Gasteiger partial charge in [0.25, 0.3) is 5.91 Å². The number of hydrogen-bond donors (Lipinski definition) is 2. The van der Waals surface area contributed by atoms with Crippen LogP contribution in [0.5, 0.6) is 11.5 Å². The topological polar surface area (TPSA) is 94.1 Å². The maximum Gasteiger partial charge on any atom is 0.305 e. The van der Waals surface area contributed by atoms with E-state index < -0.39 is 11.5 Å². The van der Waals surface area contributed by atoms with Gasteiger partial charge in [0, 0.05) is 18.8 Å². The lowest BCUT2D eigenvalue weighted by Gasteiger charge is -2.36. The maximum atomic E-state index is 12.7. The van der Waals surface area contributed by atoms with Crippen molar-refractivity contribution in [3.05, 3.63) is 23.8 Å². The Morgan fingerprint density at radius 3 is 2.54 bits per heavy atom. The van der Waals surface area contributed by atoms with Gasteiger partial charge in [-0.3, -0.25) is 9.59 Å². The number of methoxy groups -OCH3 is 1. The van der Waals surface area contributed by atoms with Crippen LogP contribution in [0, 0.1) is 5.92 Å². The molecule has 1 aliphatic rings. The van der Waals surface area contributed by atoms with Crippen molar-refractivity contribution < 1.29 is 28.9 Å². The molecule has 1 heterocycles. The molecule has 0 unspecified atom stereocenters. The number of carbonyl (C=O) groups excluding carboxylic acids is 1. The van der Waals surface area contributed by atoms with Gasteiger partial charge >= 0.3 is 5.97 Å². The maximum absolute atomic E-state index is 12.7. The van der Waals surface area contributed by atoms with E-state index in [2.05, 4.69) is 5.32 Å². The number of carboxylic acid groups (broad SMARTS) is 1. The first-order valence-electron chi connectivity index (χ1n) is 8.78. The SMILES string of the molecule is COc1cc(C(=O)NC2(CC(=O)O)CCOCC2)ccc1OCC(C)C. The molecular weight excluding hydrogens is 338 g/mol. The van der Waals surface area contributed by atoms with E-state index in [1.165, 1.54) is 7.11 Å². The zero-order valence-electron chi connectivity index (χ0n) is 15.5. The van der Waals surface area contributed by atoms with Crippen molar-refractivity contribution in [1.82, 2.24) is 5.32 Å². The molecular formula is C19H27NO6. The third-order valence-electron chi connectivity index (χ3n) is 4.32. The minimum Gasteiger partial charge on any atom is -0.493 e. The van der Waals surface area contributed by atoms with E-state index >= 15 is 0 Å². The predicted octanol–water partition coefficient (Wildman–Crippen LogP) is 2.48. The van der Waals surface area contributed by atoms with Crippen LogP contribution in [-0.2, 0) is 9.53 Å². The van der Waals surface area contributed by atoms with Crippen LogP contribution in [0.25, 0.3) is 0 Å². The molecule has 0 bridgehead atoms. The number of nitrogens with one attached hydrogen (secondary N) is 1. The van der Waals surface area contributed by atoms with Crippen LogP contribution in [0.1, 0.15) is 43.5 Å². The zero-order chi connectivity index (χ0) is 19.2. The summed E-state index contributed by atoms with van der Waals surface area (Å²) in [5, 5.41) is 12.1. The van der Waals surface area contributed by atoms with E-state index in [-0.39, 0.29) is 12.3 Å². The fraction of sp³-hybridized carbons (Fsp3) is 0.579. The van der Waals surface area contributed by atoms with Crippen LogP contribution in [-0.4, -0.2) is 49.5 Å². The van der Waals surface area contributed by atoms with Gasteiger partial charge in [0.05, 0.1) is 25.7 Å². The highest BCUT2D eigenvalue weighted by Crippen LogP contribution is 2.30. The monoisotopic (exact) mass is 365 g/mol. The van der Waals surface area contributed by atoms with Gasteiger partial charge in [0.2, 0.25) is 0 Å². The van der Waals surface area contributed by atoms with Gasteiger partial charge < -0.3 is 24.6 Å². The first-order chi connectivity index (χ1) is 12.3. The van der Waals surface area contributed by atoms with Crippen molar-refractivity contribution >= 4 is 11.9 Å². The third kappa shape index (κ3) is 5.36. The van der Waals surface area contributed by atoms with Crippen LogP contribution < -0.4 is 14.8 Å². The van der Waals surface area contributed by atoms with Gasteiger partial charge in [-0.05, 0) is 37.0 Å². The van der Waals surface area contributed by atoms with E-state index in [9.17, 15) is 14.7 Å². The highest BCUT2D eigenvalue weighted by atomic mass is 16.5. The Hall–Kier alpha value is -2.28. The second kappa shape index (κ2) is 8.89. The predicted molar refractivity (Wildman–Crippen MR) is 95.8 cm³/mol. The smallest absolute Gasteiger partial charge is 0.305 e. The van der Waals surface area contributed by atoms with Gasteiger partial charge in [-0.25, -0.2) is 0 Å². The Morgan fingerprint density at radius 2 is 1.96 bits per heavy atom. The van der Waals surface area contributed by atoms with Crippen molar-refractivity contribution in [2.45, 2.75) is 38.6 Å². The van der Waals surface area contributed by atoms with Gasteiger partial charge in [-0.15, -0.1) is 0 Å². The van der Waals surface area contributed by atoms with Gasteiger partial charge in [0.15, 0.2) is 11.5 Å². The number of rotatable bonds is 8. The lowest BCUT2D eigenvalue weighted by molar-refractivity contribution is -0.139. The number of hydrogen-bond acceptors (Lipinski definition) is 5. The Bertz CT molecular complexity index is 637. The number of benzene rings is 1. The summed E-state index contributed by atoms with van der Waals surface area (Å²) in [5.74, 6) is 0.137. The summed E-state index contributed by atoms with van der Waals surface area (Å²) >= 11 is 0. The highest BCUT2D eigenvalue weighted by molar-refractivity contribution is 5.95. The Morgan fingerprint density at radius 1 is 1.27 bits per heavy atom. The normalized spacial score (nSPS) is 16.2. The fourth-order valence-corrected chi connectivity index (χ4v) is 2.90. The lowest BCUT2D eigenvalue weighted by Crippen LogP contribution is -2.53. The molecule has 2 rings (SSSR count). The second-order valence-corrected chi connectivity index (χ2v) is 6.99. The molecule has 2 N–H and O–H groups in total. The third-order valence-corrected chi connectivity index (χ3v) is 4.32. The molecule has 1 amide bonds. The molecule has 26 heavy (non-hydrogen) atoms. The summed E-state index contributed by atoms with van der Waals surface area (Å²) in [6.45, 7) is 5.50.